The molecular formula is C11H17N2O2S+. The van der Waals surface area contributed by atoms with E-state index in [9.17, 15) is 4.79 Å². The van der Waals surface area contributed by atoms with Gasteiger partial charge < -0.3 is 5.11 Å². The normalized spacial score (nSPS) is 27.4. The van der Waals surface area contributed by atoms with E-state index in [2.05, 4.69) is 18.8 Å². The zero-order valence-corrected chi connectivity index (χ0v) is 10.3. The first-order valence-electron chi connectivity index (χ1n) is 5.39. The van der Waals surface area contributed by atoms with Crippen LogP contribution < -0.4 is 10.7 Å². The lowest BCUT2D eigenvalue weighted by molar-refractivity contribution is -0.376. The molecule has 1 aromatic rings. The van der Waals surface area contributed by atoms with E-state index in [1.807, 2.05) is 5.38 Å². The van der Waals surface area contributed by atoms with Gasteiger partial charge in [-0.15, -0.1) is 0 Å². The largest absolute Gasteiger partial charge is 0.481 e. The minimum absolute atomic E-state index is 0.0441. The zero-order chi connectivity index (χ0) is 11.9. The van der Waals surface area contributed by atoms with Crippen LogP contribution in [0.1, 0.15) is 38.3 Å². The number of nitrogens with one attached hydrogen (secondary N) is 1. The van der Waals surface area contributed by atoms with Gasteiger partial charge in [-0.3, -0.25) is 10.5 Å². The Morgan fingerprint density at radius 3 is 2.88 bits per heavy atom. The highest BCUT2D eigenvalue weighted by Gasteiger charge is 2.50. The van der Waals surface area contributed by atoms with Crippen LogP contribution in [-0.2, 0) is 4.79 Å². The molecule has 2 rings (SSSR count). The highest BCUT2D eigenvalue weighted by atomic mass is 32.1. The lowest BCUT2D eigenvalue weighted by Crippen LogP contribution is -2.45. The number of carbonyl (C=O) groups is 1. The van der Waals surface area contributed by atoms with Crippen molar-refractivity contribution >= 4 is 22.4 Å². The zero-order valence-electron chi connectivity index (χ0n) is 9.49. The third kappa shape index (κ3) is 1.80. The topological polar surface area (TPSA) is 77.5 Å². The van der Waals surface area contributed by atoms with Crippen LogP contribution in [-0.4, -0.2) is 11.1 Å². The number of hydrogen-bond donors (Lipinski definition) is 2. The number of hydrogen-bond acceptors (Lipinski definition) is 3. The molecule has 1 fully saturated rings. The molecule has 5 heteroatoms. The summed E-state index contributed by atoms with van der Waals surface area (Å²) in [6.07, 6.45) is 1.20. The minimum atomic E-state index is -0.703. The number of nitrogen functional groups attached to an aromatic ring is 1. The van der Waals surface area contributed by atoms with Gasteiger partial charge in [0, 0.05) is 17.7 Å². The van der Waals surface area contributed by atoms with Crippen molar-refractivity contribution in [2.75, 3.05) is 5.73 Å². The first-order chi connectivity index (χ1) is 7.41. The predicted octanol–water partition coefficient (Wildman–Crippen LogP) is 1.75. The Morgan fingerprint density at radius 1 is 1.75 bits per heavy atom. The molecule has 2 atom stereocenters. The molecule has 0 saturated heterocycles. The fraction of sp³-hybridized carbons (Fsp3) is 0.636. The van der Waals surface area contributed by atoms with Gasteiger partial charge in [0.15, 0.2) is 0 Å². The summed E-state index contributed by atoms with van der Waals surface area (Å²) in [5.41, 5.74) is 6.86. The van der Waals surface area contributed by atoms with Crippen molar-refractivity contribution in [3.63, 3.8) is 0 Å². The van der Waals surface area contributed by atoms with Crippen molar-refractivity contribution in [3.8, 4) is 0 Å². The van der Waals surface area contributed by atoms with Crippen molar-refractivity contribution in [3.05, 3.63) is 11.1 Å². The average molecular weight is 241 g/mol. The molecule has 1 aliphatic carbocycles. The van der Waals surface area contributed by atoms with Crippen molar-refractivity contribution in [1.29, 1.82) is 0 Å². The van der Waals surface area contributed by atoms with Gasteiger partial charge in [-0.2, -0.15) is 0 Å². The Bertz CT molecular complexity index is 414. The van der Waals surface area contributed by atoms with Gasteiger partial charge in [0.25, 0.3) is 0 Å². The molecular weight excluding hydrogens is 224 g/mol. The van der Waals surface area contributed by atoms with E-state index < -0.39 is 5.97 Å². The van der Waals surface area contributed by atoms with Gasteiger partial charge in [-0.25, -0.2) is 4.98 Å². The Morgan fingerprint density at radius 2 is 2.44 bits per heavy atom. The van der Waals surface area contributed by atoms with Gasteiger partial charge in [-0.1, -0.05) is 25.2 Å². The fourth-order valence-electron chi connectivity index (χ4n) is 2.60. The van der Waals surface area contributed by atoms with E-state index in [1.54, 1.807) is 0 Å². The van der Waals surface area contributed by atoms with Gasteiger partial charge in [0.2, 0.25) is 0 Å². The number of carboxylic acid groups (broad SMARTS) is 1. The highest BCUT2D eigenvalue weighted by molar-refractivity contribution is 7.13. The average Bonchev–Trinajstić information content (AvgIpc) is 2.58. The summed E-state index contributed by atoms with van der Waals surface area (Å²) >= 11 is 1.50. The summed E-state index contributed by atoms with van der Waals surface area (Å²) in [4.78, 5) is 13.9. The number of H-pyrrole nitrogens is 1. The number of aromatic nitrogens is 1. The first-order valence-corrected chi connectivity index (χ1v) is 6.27. The second-order valence-electron chi connectivity index (χ2n) is 5.08. The predicted molar refractivity (Wildman–Crippen MR) is 62.2 cm³/mol. The maximum Gasteiger partial charge on any atom is 0.329 e. The molecule has 0 aromatic carbocycles. The molecule has 1 aliphatic rings. The molecule has 4 nitrogen and oxygen atoms in total. The summed E-state index contributed by atoms with van der Waals surface area (Å²) in [6.45, 7) is 4.27. The summed E-state index contributed by atoms with van der Waals surface area (Å²) in [6, 6.07) is 0. The lowest BCUT2D eigenvalue weighted by atomic mass is 9.53. The van der Waals surface area contributed by atoms with Crippen LogP contribution in [0.25, 0.3) is 0 Å². The first kappa shape index (κ1) is 11.4. The highest BCUT2D eigenvalue weighted by Crippen LogP contribution is 2.57. The smallest absolute Gasteiger partial charge is 0.329 e. The molecule has 4 N–H and O–H groups in total. The van der Waals surface area contributed by atoms with E-state index in [0.29, 0.717) is 11.0 Å². The molecule has 0 bridgehead atoms. The molecule has 88 valence electrons. The maximum absolute atomic E-state index is 10.7. The minimum Gasteiger partial charge on any atom is -0.481 e. The van der Waals surface area contributed by atoms with Gasteiger partial charge in [0.1, 0.15) is 5.69 Å². The number of thiazole rings is 1. The monoisotopic (exact) mass is 241 g/mol. The number of rotatable bonds is 3. The molecule has 1 saturated carbocycles. The number of nitrogens with two attached hydrogens (primary N) is 1. The standard InChI is InChI=1S/C11H16N2O2S/c1-11(2)6(4-9(14)15)3-7(11)8-5-16-10(12)13-8/h5-7H,3-4H2,1-2H3,(H2,12,13)(H,14,15)/p+1. The quantitative estimate of drug-likeness (QED) is 0.846. The van der Waals surface area contributed by atoms with Gasteiger partial charge in [0.05, 0.1) is 0 Å². The molecule has 16 heavy (non-hydrogen) atoms. The summed E-state index contributed by atoms with van der Waals surface area (Å²) in [5, 5.41) is 11.6. The van der Waals surface area contributed by atoms with Crippen LogP contribution in [0.3, 0.4) is 0 Å². The van der Waals surface area contributed by atoms with Crippen LogP contribution in [0.4, 0.5) is 5.13 Å². The molecule has 1 heterocycles. The van der Waals surface area contributed by atoms with E-state index in [4.69, 9.17) is 10.8 Å². The van der Waals surface area contributed by atoms with Crippen LogP contribution in [0, 0.1) is 11.3 Å². The van der Waals surface area contributed by atoms with Crippen LogP contribution >= 0.6 is 11.3 Å². The number of carboxylic acids is 1. The SMILES string of the molecule is CC1(C)C(CC(=O)O)CC1c1csc(N)[nH+]1. The van der Waals surface area contributed by atoms with Crippen molar-refractivity contribution < 1.29 is 14.9 Å². The lowest BCUT2D eigenvalue weighted by Gasteiger charge is -2.50. The molecule has 0 spiro atoms. The fourth-order valence-corrected chi connectivity index (χ4v) is 3.25. The second-order valence-corrected chi connectivity index (χ2v) is 6.00. The molecule has 1 aromatic heterocycles. The molecule has 0 aliphatic heterocycles. The summed E-state index contributed by atoms with van der Waals surface area (Å²) in [5.74, 6) is -0.0275. The number of aliphatic carboxylic acids is 1. The summed E-state index contributed by atoms with van der Waals surface area (Å²) in [7, 11) is 0. The van der Waals surface area contributed by atoms with E-state index >= 15 is 0 Å². The van der Waals surface area contributed by atoms with Gasteiger partial charge >= 0.3 is 11.1 Å². The number of anilines is 1. The van der Waals surface area contributed by atoms with Crippen molar-refractivity contribution in [1.82, 2.24) is 0 Å². The molecule has 0 radical (unpaired) electrons. The van der Waals surface area contributed by atoms with Crippen molar-refractivity contribution in [2.24, 2.45) is 11.3 Å². The Kier molecular flexibility index (Phi) is 2.66. The van der Waals surface area contributed by atoms with Crippen LogP contribution in [0.2, 0.25) is 0 Å². The third-order valence-electron chi connectivity index (χ3n) is 3.85. The second kappa shape index (κ2) is 3.73. The molecule has 0 amide bonds. The number of aromatic amines is 1. The Balaban J connectivity index is 2.09. The Labute approximate surface area is 98.5 Å². The van der Waals surface area contributed by atoms with E-state index in [1.165, 1.54) is 11.3 Å². The van der Waals surface area contributed by atoms with E-state index in [0.717, 1.165) is 12.1 Å². The maximum atomic E-state index is 10.7. The molecule has 2 unspecified atom stereocenters. The van der Waals surface area contributed by atoms with Gasteiger partial charge in [-0.05, 0) is 17.8 Å². The third-order valence-corrected chi connectivity index (χ3v) is 4.58. The van der Waals surface area contributed by atoms with Crippen molar-refractivity contribution in [2.45, 2.75) is 32.6 Å². The summed E-state index contributed by atoms with van der Waals surface area (Å²) < 4.78 is 0. The van der Waals surface area contributed by atoms with Crippen LogP contribution in [0.5, 0.6) is 0 Å². The van der Waals surface area contributed by atoms with Crippen LogP contribution in [0.15, 0.2) is 5.38 Å². The Hall–Kier alpha value is -1.10. The van der Waals surface area contributed by atoms with E-state index in [-0.39, 0.29) is 17.8 Å².